The van der Waals surface area contributed by atoms with Crippen LogP contribution in [0.25, 0.3) is 0 Å². The minimum absolute atomic E-state index is 0. The first-order valence-electron chi connectivity index (χ1n) is 3.31. The number of rotatable bonds is 0. The van der Waals surface area contributed by atoms with Crippen molar-refractivity contribution in [2.45, 2.75) is 25.3 Å². The summed E-state index contributed by atoms with van der Waals surface area (Å²) in [4.78, 5) is 10.7. The Morgan fingerprint density at radius 2 is 2.20 bits per heavy atom. The highest BCUT2D eigenvalue weighted by Gasteiger charge is 2.10. The number of hydrogen-bond donors (Lipinski definition) is 2. The zero-order valence-corrected chi connectivity index (χ0v) is 6.62. The maximum Gasteiger partial charge on any atom is 0.220 e. The Balaban J connectivity index is 0.000000810. The average Bonchev–Trinajstić information content (AvgIpc) is 1.97. The van der Waals surface area contributed by atoms with E-state index < -0.39 is 0 Å². The molecule has 0 unspecified atom stereocenters. The first kappa shape index (κ1) is 9.72. The summed E-state index contributed by atoms with van der Waals surface area (Å²) in [5.74, 6) is 0.142. The molecule has 10 heavy (non-hydrogen) atoms. The summed E-state index contributed by atoms with van der Waals surface area (Å²) >= 11 is 0. The molecule has 1 saturated heterocycles. The van der Waals surface area contributed by atoms with Crippen molar-refractivity contribution in [3.8, 4) is 0 Å². The fraction of sp³-hybridized carbons (Fsp3) is 0.833. The molecule has 0 radical (unpaired) electrons. The lowest BCUT2D eigenvalue weighted by Crippen LogP contribution is -2.23. The highest BCUT2D eigenvalue weighted by Crippen LogP contribution is 2.01. The number of nitrogens with one attached hydrogen (secondary N) is 1. The van der Waals surface area contributed by atoms with Gasteiger partial charge in [-0.3, -0.25) is 4.79 Å². The highest BCUT2D eigenvalue weighted by atomic mass is 35.5. The second kappa shape index (κ2) is 4.52. The maximum atomic E-state index is 10.7. The number of halogens is 1. The van der Waals surface area contributed by atoms with Crippen molar-refractivity contribution in [1.82, 2.24) is 5.32 Å². The van der Waals surface area contributed by atoms with E-state index in [1.807, 2.05) is 0 Å². The van der Waals surface area contributed by atoms with Crippen molar-refractivity contribution in [1.29, 1.82) is 0 Å². The predicted molar refractivity (Wildman–Crippen MR) is 42.1 cm³/mol. The first-order chi connectivity index (χ1) is 4.29. The lowest BCUT2D eigenvalue weighted by molar-refractivity contribution is -0.120. The molecule has 1 fully saturated rings. The number of amides is 1. The molecule has 1 aliphatic heterocycles. The van der Waals surface area contributed by atoms with Gasteiger partial charge in [-0.05, 0) is 12.8 Å². The van der Waals surface area contributed by atoms with Crippen molar-refractivity contribution in [2.24, 2.45) is 5.73 Å². The first-order valence-corrected chi connectivity index (χ1v) is 3.31. The Hall–Kier alpha value is -0.280. The fourth-order valence-electron chi connectivity index (χ4n) is 0.946. The van der Waals surface area contributed by atoms with Crippen LogP contribution in [0.15, 0.2) is 0 Å². The summed E-state index contributed by atoms with van der Waals surface area (Å²) in [6.07, 6.45) is 2.36. The van der Waals surface area contributed by atoms with E-state index in [0.717, 1.165) is 19.4 Å². The number of carbonyl (C=O) groups excluding carboxylic acids is 1. The maximum absolute atomic E-state index is 10.7. The lowest BCUT2D eigenvalue weighted by atomic mass is 10.1. The quantitative estimate of drug-likeness (QED) is 0.531. The monoisotopic (exact) mass is 164 g/mol. The summed E-state index contributed by atoms with van der Waals surface area (Å²) in [7, 11) is 0. The Bertz CT molecular complexity index is 118. The minimum Gasteiger partial charge on any atom is -0.356 e. The van der Waals surface area contributed by atoms with Crippen LogP contribution in [0.3, 0.4) is 0 Å². The van der Waals surface area contributed by atoms with Gasteiger partial charge in [0.15, 0.2) is 0 Å². The van der Waals surface area contributed by atoms with Crippen LogP contribution in [0.5, 0.6) is 0 Å². The Morgan fingerprint density at radius 1 is 1.50 bits per heavy atom. The molecular formula is C6H13ClN2O. The van der Waals surface area contributed by atoms with E-state index in [0.29, 0.717) is 6.42 Å². The van der Waals surface area contributed by atoms with Crippen molar-refractivity contribution in [3.05, 3.63) is 0 Å². The molecule has 3 N–H and O–H groups in total. The van der Waals surface area contributed by atoms with Crippen LogP contribution in [0, 0.1) is 0 Å². The second-order valence-corrected chi connectivity index (χ2v) is 2.44. The van der Waals surface area contributed by atoms with Gasteiger partial charge in [0.05, 0.1) is 0 Å². The van der Waals surface area contributed by atoms with Gasteiger partial charge in [-0.25, -0.2) is 0 Å². The summed E-state index contributed by atoms with van der Waals surface area (Å²) < 4.78 is 0. The van der Waals surface area contributed by atoms with E-state index in [4.69, 9.17) is 5.73 Å². The van der Waals surface area contributed by atoms with Gasteiger partial charge in [-0.1, -0.05) is 0 Å². The molecule has 1 amide bonds. The number of carbonyl (C=O) groups is 1. The topological polar surface area (TPSA) is 55.1 Å². The van der Waals surface area contributed by atoms with E-state index in [9.17, 15) is 4.79 Å². The molecule has 0 aliphatic carbocycles. The molecular weight excluding hydrogens is 152 g/mol. The molecule has 0 spiro atoms. The van der Waals surface area contributed by atoms with E-state index in [1.54, 1.807) is 0 Å². The number of hydrogen-bond acceptors (Lipinski definition) is 2. The summed E-state index contributed by atoms with van der Waals surface area (Å²) in [5, 5.41) is 2.76. The van der Waals surface area contributed by atoms with Crippen LogP contribution in [0.4, 0.5) is 0 Å². The van der Waals surface area contributed by atoms with E-state index in [1.165, 1.54) is 0 Å². The highest BCUT2D eigenvalue weighted by molar-refractivity contribution is 5.85. The summed E-state index contributed by atoms with van der Waals surface area (Å²) in [6.45, 7) is 0.750. The molecule has 0 saturated carbocycles. The zero-order chi connectivity index (χ0) is 6.69. The normalized spacial score (nSPS) is 26.1. The molecule has 1 atom stereocenters. The molecule has 1 aliphatic rings. The van der Waals surface area contributed by atoms with Gasteiger partial charge in [-0.2, -0.15) is 0 Å². The Morgan fingerprint density at radius 3 is 2.90 bits per heavy atom. The Kier molecular flexibility index (Phi) is 4.40. The third kappa shape index (κ3) is 3.03. The van der Waals surface area contributed by atoms with Gasteiger partial charge in [0, 0.05) is 19.0 Å². The van der Waals surface area contributed by atoms with E-state index in [-0.39, 0.29) is 24.4 Å². The molecule has 4 heteroatoms. The zero-order valence-electron chi connectivity index (χ0n) is 5.80. The third-order valence-electron chi connectivity index (χ3n) is 1.58. The van der Waals surface area contributed by atoms with Crippen LogP contribution in [0.2, 0.25) is 0 Å². The molecule has 0 aromatic heterocycles. The standard InChI is InChI=1S/C6H12N2O.ClH/c7-5-1-2-6(9)8-4-3-5;/h5H,1-4,7H2,(H,8,9);1H/t5-;/m0./s1. The lowest BCUT2D eigenvalue weighted by Gasteiger charge is -2.02. The van der Waals surface area contributed by atoms with Crippen molar-refractivity contribution in [2.75, 3.05) is 6.54 Å². The molecule has 0 aromatic carbocycles. The van der Waals surface area contributed by atoms with Crippen molar-refractivity contribution in [3.63, 3.8) is 0 Å². The van der Waals surface area contributed by atoms with Gasteiger partial charge < -0.3 is 11.1 Å². The van der Waals surface area contributed by atoms with Crippen LogP contribution in [-0.4, -0.2) is 18.5 Å². The summed E-state index contributed by atoms with van der Waals surface area (Å²) in [6, 6.07) is 0.226. The molecule has 1 heterocycles. The number of nitrogens with two attached hydrogens (primary N) is 1. The van der Waals surface area contributed by atoms with Gasteiger partial charge in [-0.15, -0.1) is 12.4 Å². The molecule has 1 rings (SSSR count). The third-order valence-corrected chi connectivity index (χ3v) is 1.58. The predicted octanol–water partition coefficient (Wildman–Crippen LogP) is 0.0356. The van der Waals surface area contributed by atoms with Crippen LogP contribution in [0.1, 0.15) is 19.3 Å². The van der Waals surface area contributed by atoms with E-state index >= 15 is 0 Å². The van der Waals surface area contributed by atoms with Gasteiger partial charge in [0.2, 0.25) is 5.91 Å². The molecule has 0 bridgehead atoms. The van der Waals surface area contributed by atoms with Gasteiger partial charge in [0.25, 0.3) is 0 Å². The minimum atomic E-state index is 0. The fourth-order valence-corrected chi connectivity index (χ4v) is 0.946. The van der Waals surface area contributed by atoms with Crippen LogP contribution < -0.4 is 11.1 Å². The smallest absolute Gasteiger partial charge is 0.220 e. The average molecular weight is 165 g/mol. The van der Waals surface area contributed by atoms with Crippen molar-refractivity contribution >= 4 is 18.3 Å². The largest absolute Gasteiger partial charge is 0.356 e. The SMILES string of the molecule is Cl.N[C@@H]1CCNC(=O)CC1. The van der Waals surface area contributed by atoms with Crippen LogP contribution in [-0.2, 0) is 4.79 Å². The molecule has 0 aromatic rings. The van der Waals surface area contributed by atoms with Crippen molar-refractivity contribution < 1.29 is 4.79 Å². The molecule has 60 valence electrons. The summed E-state index contributed by atoms with van der Waals surface area (Å²) in [5.41, 5.74) is 5.60. The second-order valence-electron chi connectivity index (χ2n) is 2.44. The Labute approximate surface area is 66.8 Å². The van der Waals surface area contributed by atoms with Crippen LogP contribution >= 0.6 is 12.4 Å². The molecule has 3 nitrogen and oxygen atoms in total. The van der Waals surface area contributed by atoms with E-state index in [2.05, 4.69) is 5.32 Å². The van der Waals surface area contributed by atoms with Gasteiger partial charge in [0.1, 0.15) is 0 Å². The van der Waals surface area contributed by atoms with Gasteiger partial charge >= 0.3 is 0 Å².